The van der Waals surface area contributed by atoms with Gasteiger partial charge in [-0.15, -0.1) is 0 Å². The third-order valence-electron chi connectivity index (χ3n) is 4.49. The van der Waals surface area contributed by atoms with E-state index < -0.39 is 0 Å². The largest absolute Gasteiger partial charge is 0.454 e. The highest BCUT2D eigenvalue weighted by Gasteiger charge is 2.18. The van der Waals surface area contributed by atoms with Crippen molar-refractivity contribution in [2.24, 2.45) is 0 Å². The van der Waals surface area contributed by atoms with Crippen molar-refractivity contribution < 1.29 is 19.1 Å². The highest BCUT2D eigenvalue weighted by molar-refractivity contribution is 5.95. The molecule has 1 aliphatic rings. The van der Waals surface area contributed by atoms with Crippen molar-refractivity contribution in [1.82, 2.24) is 5.32 Å². The summed E-state index contributed by atoms with van der Waals surface area (Å²) in [6, 6.07) is 12.9. The fourth-order valence-electron chi connectivity index (χ4n) is 3.09. The van der Waals surface area contributed by atoms with E-state index in [1.54, 1.807) is 23.1 Å². The van der Waals surface area contributed by atoms with Crippen LogP contribution in [0.4, 0.5) is 5.69 Å². The second-order valence-electron chi connectivity index (χ2n) is 6.71. The number of amides is 2. The van der Waals surface area contributed by atoms with Crippen molar-refractivity contribution in [3.05, 3.63) is 53.6 Å². The van der Waals surface area contributed by atoms with Gasteiger partial charge in [-0.1, -0.05) is 32.0 Å². The molecule has 0 spiro atoms. The molecule has 6 heteroatoms. The van der Waals surface area contributed by atoms with E-state index in [4.69, 9.17) is 9.47 Å². The molecule has 2 aromatic rings. The Morgan fingerprint density at radius 2 is 1.85 bits per heavy atom. The van der Waals surface area contributed by atoms with Crippen LogP contribution in [0.1, 0.15) is 42.6 Å². The van der Waals surface area contributed by atoms with Crippen LogP contribution < -0.4 is 19.7 Å². The van der Waals surface area contributed by atoms with Crippen LogP contribution >= 0.6 is 0 Å². The van der Waals surface area contributed by atoms with Crippen LogP contribution in [-0.2, 0) is 4.79 Å². The van der Waals surface area contributed by atoms with Crippen LogP contribution in [0.15, 0.2) is 42.5 Å². The first-order valence-electron chi connectivity index (χ1n) is 9.02. The van der Waals surface area contributed by atoms with Crippen LogP contribution in [-0.4, -0.2) is 31.7 Å². The molecule has 6 nitrogen and oxygen atoms in total. The molecule has 142 valence electrons. The number of ether oxygens (including phenoxy) is 2. The Balaban J connectivity index is 1.65. The molecule has 0 atom stereocenters. The SMILES string of the molecule is CC(=O)N(CCNC(=O)c1ccc2c(c1)OCO2)c1ccccc1C(C)C. The number of nitrogens with zero attached hydrogens (tertiary/aromatic N) is 1. The number of hydrogen-bond acceptors (Lipinski definition) is 4. The molecule has 3 rings (SSSR count). The van der Waals surface area contributed by atoms with Gasteiger partial charge in [-0.3, -0.25) is 9.59 Å². The van der Waals surface area contributed by atoms with Crippen molar-refractivity contribution in [2.45, 2.75) is 26.7 Å². The number of carbonyl (C=O) groups is 2. The number of benzene rings is 2. The molecule has 1 heterocycles. The molecule has 0 radical (unpaired) electrons. The Hall–Kier alpha value is -3.02. The molecule has 0 unspecified atom stereocenters. The van der Waals surface area contributed by atoms with E-state index in [9.17, 15) is 9.59 Å². The van der Waals surface area contributed by atoms with Gasteiger partial charge >= 0.3 is 0 Å². The van der Waals surface area contributed by atoms with Crippen LogP contribution in [0.3, 0.4) is 0 Å². The van der Waals surface area contributed by atoms with Crippen molar-refractivity contribution in [3.8, 4) is 11.5 Å². The summed E-state index contributed by atoms with van der Waals surface area (Å²) in [6.45, 7) is 6.64. The van der Waals surface area contributed by atoms with E-state index in [1.807, 2.05) is 24.3 Å². The van der Waals surface area contributed by atoms with Gasteiger partial charge in [-0.2, -0.15) is 0 Å². The first-order valence-corrected chi connectivity index (χ1v) is 9.02. The molecule has 0 aromatic heterocycles. The van der Waals surface area contributed by atoms with Crippen molar-refractivity contribution >= 4 is 17.5 Å². The summed E-state index contributed by atoms with van der Waals surface area (Å²) in [6.07, 6.45) is 0. The quantitative estimate of drug-likeness (QED) is 0.849. The minimum absolute atomic E-state index is 0.0552. The highest BCUT2D eigenvalue weighted by atomic mass is 16.7. The predicted octanol–water partition coefficient (Wildman–Crippen LogP) is 3.32. The van der Waals surface area contributed by atoms with Gasteiger partial charge in [0.25, 0.3) is 5.91 Å². The van der Waals surface area contributed by atoms with Crippen LogP contribution in [0, 0.1) is 0 Å². The number of nitrogens with one attached hydrogen (secondary N) is 1. The highest BCUT2D eigenvalue weighted by Crippen LogP contribution is 2.32. The Bertz CT molecular complexity index is 848. The standard InChI is InChI=1S/C21H24N2O4/c1-14(2)17-6-4-5-7-18(17)23(15(3)24)11-10-22-21(25)16-8-9-19-20(12-16)27-13-26-19/h4-9,12,14H,10-11,13H2,1-3H3,(H,22,25). The van der Waals surface area contributed by atoms with Crippen LogP contribution in [0.25, 0.3) is 0 Å². The topological polar surface area (TPSA) is 67.9 Å². The van der Waals surface area contributed by atoms with Gasteiger partial charge in [0.2, 0.25) is 12.7 Å². The second kappa shape index (κ2) is 8.12. The molecule has 0 bridgehead atoms. The summed E-state index contributed by atoms with van der Waals surface area (Å²) >= 11 is 0. The average molecular weight is 368 g/mol. The monoisotopic (exact) mass is 368 g/mol. The van der Waals surface area contributed by atoms with Crippen molar-refractivity contribution in [2.75, 3.05) is 24.8 Å². The van der Waals surface area contributed by atoms with E-state index >= 15 is 0 Å². The molecular formula is C21H24N2O4. The van der Waals surface area contributed by atoms with E-state index in [0.717, 1.165) is 11.3 Å². The normalized spacial score (nSPS) is 12.1. The lowest BCUT2D eigenvalue weighted by Gasteiger charge is -2.25. The molecule has 27 heavy (non-hydrogen) atoms. The Morgan fingerprint density at radius 1 is 1.11 bits per heavy atom. The van der Waals surface area contributed by atoms with Gasteiger partial charge in [-0.25, -0.2) is 0 Å². The van der Waals surface area contributed by atoms with Gasteiger partial charge in [-0.05, 0) is 35.7 Å². The Labute approximate surface area is 159 Å². The molecule has 0 saturated heterocycles. The zero-order valence-electron chi connectivity index (χ0n) is 15.8. The summed E-state index contributed by atoms with van der Waals surface area (Å²) in [7, 11) is 0. The number of hydrogen-bond donors (Lipinski definition) is 1. The van der Waals surface area contributed by atoms with Crippen LogP contribution in [0.5, 0.6) is 11.5 Å². The minimum Gasteiger partial charge on any atom is -0.454 e. The van der Waals surface area contributed by atoms with Gasteiger partial charge in [0.15, 0.2) is 11.5 Å². The molecule has 1 aliphatic heterocycles. The summed E-state index contributed by atoms with van der Waals surface area (Å²) in [5, 5.41) is 2.86. The maximum atomic E-state index is 12.4. The maximum Gasteiger partial charge on any atom is 0.251 e. The summed E-state index contributed by atoms with van der Waals surface area (Å²) in [5.74, 6) is 1.24. The zero-order chi connectivity index (χ0) is 19.4. The van der Waals surface area contributed by atoms with Gasteiger partial charge < -0.3 is 19.7 Å². The van der Waals surface area contributed by atoms with E-state index in [1.165, 1.54) is 6.92 Å². The lowest BCUT2D eigenvalue weighted by molar-refractivity contribution is -0.116. The number of carbonyl (C=O) groups excluding carboxylic acids is 2. The minimum atomic E-state index is -0.214. The van der Waals surface area contributed by atoms with E-state index in [-0.39, 0.29) is 18.6 Å². The summed E-state index contributed by atoms with van der Waals surface area (Å²) in [5.41, 5.74) is 2.49. The fourth-order valence-corrected chi connectivity index (χ4v) is 3.09. The third kappa shape index (κ3) is 4.22. The molecule has 2 aromatic carbocycles. The molecule has 0 fully saturated rings. The molecule has 0 aliphatic carbocycles. The van der Waals surface area contributed by atoms with Crippen molar-refractivity contribution in [1.29, 1.82) is 0 Å². The molecule has 0 saturated carbocycles. The Morgan fingerprint density at radius 3 is 2.59 bits per heavy atom. The Kier molecular flexibility index (Phi) is 5.64. The lowest BCUT2D eigenvalue weighted by Crippen LogP contribution is -2.38. The fraction of sp³-hybridized carbons (Fsp3) is 0.333. The third-order valence-corrected chi connectivity index (χ3v) is 4.49. The zero-order valence-corrected chi connectivity index (χ0v) is 15.8. The summed E-state index contributed by atoms with van der Waals surface area (Å²) < 4.78 is 10.6. The van der Waals surface area contributed by atoms with Gasteiger partial charge in [0, 0.05) is 31.3 Å². The smallest absolute Gasteiger partial charge is 0.251 e. The number of para-hydroxylation sites is 1. The van der Waals surface area contributed by atoms with Crippen LogP contribution in [0.2, 0.25) is 0 Å². The van der Waals surface area contributed by atoms with E-state index in [0.29, 0.717) is 36.1 Å². The van der Waals surface area contributed by atoms with Gasteiger partial charge in [0.05, 0.1) is 0 Å². The molecular weight excluding hydrogens is 344 g/mol. The average Bonchev–Trinajstić information content (AvgIpc) is 3.12. The second-order valence-corrected chi connectivity index (χ2v) is 6.71. The number of fused-ring (bicyclic) bond motifs is 1. The molecule has 1 N–H and O–H groups in total. The summed E-state index contributed by atoms with van der Waals surface area (Å²) in [4.78, 5) is 26.3. The maximum absolute atomic E-state index is 12.4. The molecule has 2 amide bonds. The van der Waals surface area contributed by atoms with Crippen molar-refractivity contribution in [3.63, 3.8) is 0 Å². The first kappa shape index (κ1) is 18.8. The first-order chi connectivity index (χ1) is 13.0. The number of rotatable bonds is 6. The lowest BCUT2D eigenvalue weighted by atomic mass is 10.0. The number of anilines is 1. The predicted molar refractivity (Wildman–Crippen MR) is 103 cm³/mol. The van der Waals surface area contributed by atoms with Gasteiger partial charge in [0.1, 0.15) is 0 Å². The van der Waals surface area contributed by atoms with E-state index in [2.05, 4.69) is 19.2 Å².